The molecule has 1 amide bonds. The Morgan fingerprint density at radius 2 is 2.00 bits per heavy atom. The molecule has 2 unspecified atom stereocenters. The molecule has 3 aromatic rings. The molecule has 6 rings (SSSR count). The summed E-state index contributed by atoms with van der Waals surface area (Å²) in [5.74, 6) is 6.96. The molecule has 4 nitrogen and oxygen atoms in total. The van der Waals surface area contributed by atoms with Gasteiger partial charge in [0.25, 0.3) is 5.91 Å². The molecule has 0 aliphatic carbocycles. The van der Waals surface area contributed by atoms with Crippen LogP contribution in [0.1, 0.15) is 41.4 Å². The predicted octanol–water partition coefficient (Wildman–Crippen LogP) is 3.91. The van der Waals surface area contributed by atoms with Crippen molar-refractivity contribution < 1.29 is 4.79 Å². The lowest BCUT2D eigenvalue weighted by molar-refractivity contribution is 0.0216. The third kappa shape index (κ3) is 3.55. The summed E-state index contributed by atoms with van der Waals surface area (Å²) in [5, 5.41) is 6.32. The molecule has 0 radical (unpaired) electrons. The minimum atomic E-state index is -0.0781. The Balaban J connectivity index is 1.40. The van der Waals surface area contributed by atoms with Crippen LogP contribution < -0.4 is 5.32 Å². The van der Waals surface area contributed by atoms with E-state index in [1.54, 1.807) is 17.5 Å². The molecule has 3 saturated heterocycles. The molecule has 0 saturated carbocycles. The summed E-state index contributed by atoms with van der Waals surface area (Å²) in [4.78, 5) is 19.9. The van der Waals surface area contributed by atoms with E-state index in [9.17, 15) is 4.79 Å². The van der Waals surface area contributed by atoms with Gasteiger partial charge >= 0.3 is 0 Å². The highest BCUT2D eigenvalue weighted by molar-refractivity contribution is 7.17. The van der Waals surface area contributed by atoms with Gasteiger partial charge in [0.1, 0.15) is 5.69 Å². The van der Waals surface area contributed by atoms with Crippen molar-refractivity contribution in [1.82, 2.24) is 15.2 Å². The summed E-state index contributed by atoms with van der Waals surface area (Å²) in [6, 6.07) is 12.4. The number of benzene rings is 1. The Labute approximate surface area is 175 Å². The Bertz CT molecular complexity index is 1100. The number of amides is 1. The van der Waals surface area contributed by atoms with Crippen molar-refractivity contribution in [2.45, 2.75) is 31.8 Å². The second-order valence-electron chi connectivity index (χ2n) is 7.94. The number of hydrogen-bond donors (Lipinski definition) is 1. The normalized spacial score (nSPS) is 25.4. The number of fused-ring (bicyclic) bond motifs is 4. The number of aromatic nitrogens is 1. The van der Waals surface area contributed by atoms with Crippen LogP contribution in [-0.4, -0.2) is 41.0 Å². The van der Waals surface area contributed by atoms with Gasteiger partial charge in [-0.15, -0.1) is 11.3 Å². The molecular weight excluding hydrogens is 378 g/mol. The number of carbonyl (C=O) groups is 1. The maximum absolute atomic E-state index is 13.0. The molecule has 29 heavy (non-hydrogen) atoms. The molecule has 2 aromatic heterocycles. The van der Waals surface area contributed by atoms with E-state index in [2.05, 4.69) is 34.0 Å². The average Bonchev–Trinajstić information content (AvgIpc) is 3.18. The van der Waals surface area contributed by atoms with E-state index in [-0.39, 0.29) is 11.9 Å². The molecule has 146 valence electrons. The highest BCUT2D eigenvalue weighted by Crippen LogP contribution is 2.32. The smallest absolute Gasteiger partial charge is 0.270 e. The molecule has 1 N–H and O–H groups in total. The quantitative estimate of drug-likeness (QED) is 0.662. The van der Waals surface area contributed by atoms with Crippen molar-refractivity contribution in [1.29, 1.82) is 0 Å². The van der Waals surface area contributed by atoms with Gasteiger partial charge in [-0.25, -0.2) is 4.98 Å². The highest BCUT2D eigenvalue weighted by Gasteiger charge is 2.40. The van der Waals surface area contributed by atoms with Gasteiger partial charge in [-0.1, -0.05) is 30.0 Å². The van der Waals surface area contributed by atoms with Gasteiger partial charge in [-0.05, 0) is 57.0 Å². The number of rotatable bonds is 2. The zero-order chi connectivity index (χ0) is 19.8. The molecule has 0 spiro atoms. The Morgan fingerprint density at radius 3 is 2.76 bits per heavy atom. The summed E-state index contributed by atoms with van der Waals surface area (Å²) in [5.41, 5.74) is 2.40. The van der Waals surface area contributed by atoms with Gasteiger partial charge < -0.3 is 5.32 Å². The molecule has 1 aromatic carbocycles. The van der Waals surface area contributed by atoms with E-state index >= 15 is 0 Å². The molecular formula is C24H23N3OS. The fourth-order valence-electron chi connectivity index (χ4n) is 4.59. The Hall–Kier alpha value is -2.68. The Kier molecular flexibility index (Phi) is 4.83. The van der Waals surface area contributed by atoms with E-state index in [4.69, 9.17) is 0 Å². The summed E-state index contributed by atoms with van der Waals surface area (Å²) < 4.78 is 1.05. The summed E-state index contributed by atoms with van der Waals surface area (Å²) >= 11 is 1.61. The van der Waals surface area contributed by atoms with Crippen molar-refractivity contribution in [3.8, 4) is 11.8 Å². The number of nitrogens with one attached hydrogen (secondary N) is 1. The number of piperidine rings is 3. The minimum absolute atomic E-state index is 0.0781. The van der Waals surface area contributed by atoms with Crippen molar-refractivity contribution in [2.75, 3.05) is 13.1 Å². The fourth-order valence-corrected chi connectivity index (χ4v) is 5.43. The third-order valence-corrected chi connectivity index (χ3v) is 7.22. The molecule has 3 aliphatic heterocycles. The zero-order valence-electron chi connectivity index (χ0n) is 16.4. The second kappa shape index (κ2) is 7.62. The first-order chi connectivity index (χ1) is 14.2. The monoisotopic (exact) mass is 401 g/mol. The van der Waals surface area contributed by atoms with E-state index in [1.807, 2.05) is 41.8 Å². The van der Waals surface area contributed by atoms with Crippen molar-refractivity contribution in [2.24, 2.45) is 5.92 Å². The van der Waals surface area contributed by atoms with Crippen LogP contribution in [0, 0.1) is 17.8 Å². The van der Waals surface area contributed by atoms with Gasteiger partial charge in [0.05, 0.1) is 4.70 Å². The summed E-state index contributed by atoms with van der Waals surface area (Å²) in [7, 11) is 0. The van der Waals surface area contributed by atoms with Gasteiger partial charge in [-0.2, -0.15) is 0 Å². The number of nitrogens with zero attached hydrogens (tertiary/aromatic N) is 2. The number of thiophene rings is 1. The maximum atomic E-state index is 13.0. The third-order valence-electron chi connectivity index (χ3n) is 6.28. The minimum Gasteiger partial charge on any atom is -0.346 e. The molecule has 2 bridgehead atoms. The van der Waals surface area contributed by atoms with Gasteiger partial charge in [0.2, 0.25) is 0 Å². The molecule has 3 aliphatic rings. The highest BCUT2D eigenvalue weighted by atomic mass is 32.1. The Morgan fingerprint density at radius 1 is 1.21 bits per heavy atom. The van der Waals surface area contributed by atoms with Crippen LogP contribution in [0.25, 0.3) is 10.1 Å². The standard InChI is InChI=1S/C24H23N3OS/c1-16-23(18-9-11-27(16)12-10-18)26-24(28)21-13-20-19(15-29-22(20)14-25-21)8-7-17-5-3-2-4-6-17/h2-6,13-16,18,23H,9-12H2,1H3,(H,26,28). The van der Waals surface area contributed by atoms with Crippen LogP contribution in [0.4, 0.5) is 0 Å². The lowest BCUT2D eigenvalue weighted by atomic mass is 9.79. The van der Waals surface area contributed by atoms with Crippen LogP contribution in [0.3, 0.4) is 0 Å². The van der Waals surface area contributed by atoms with E-state index in [0.717, 1.165) is 34.3 Å². The predicted molar refractivity (Wildman–Crippen MR) is 117 cm³/mol. The van der Waals surface area contributed by atoms with Crippen LogP contribution in [0.5, 0.6) is 0 Å². The van der Waals surface area contributed by atoms with Crippen molar-refractivity contribution in [3.05, 3.63) is 64.8 Å². The van der Waals surface area contributed by atoms with Crippen molar-refractivity contribution >= 4 is 27.3 Å². The lowest BCUT2D eigenvalue weighted by Crippen LogP contribution is -2.62. The molecule has 5 heterocycles. The molecule has 2 atom stereocenters. The molecule has 3 fully saturated rings. The van der Waals surface area contributed by atoms with Gasteiger partial charge in [0.15, 0.2) is 0 Å². The number of carbonyl (C=O) groups excluding carboxylic acids is 1. The first-order valence-corrected chi connectivity index (χ1v) is 11.1. The van der Waals surface area contributed by atoms with Crippen LogP contribution in [-0.2, 0) is 0 Å². The topological polar surface area (TPSA) is 45.2 Å². The largest absolute Gasteiger partial charge is 0.346 e. The molecule has 5 heteroatoms. The van der Waals surface area contributed by atoms with E-state index in [0.29, 0.717) is 17.7 Å². The number of pyridine rings is 1. The average molecular weight is 402 g/mol. The van der Waals surface area contributed by atoms with Gasteiger partial charge in [-0.3, -0.25) is 9.69 Å². The SMILES string of the molecule is CC1C(NC(=O)c2cc3c(C#Cc4ccccc4)csc3cn2)C2CCN1CC2. The van der Waals surface area contributed by atoms with E-state index < -0.39 is 0 Å². The van der Waals surface area contributed by atoms with Crippen LogP contribution in [0.2, 0.25) is 0 Å². The fraction of sp³-hybridized carbons (Fsp3) is 0.333. The summed E-state index contributed by atoms with van der Waals surface area (Å²) in [6.45, 7) is 4.53. The second-order valence-corrected chi connectivity index (χ2v) is 8.86. The lowest BCUT2D eigenvalue weighted by Gasteiger charge is -2.49. The zero-order valence-corrected chi connectivity index (χ0v) is 17.2. The summed E-state index contributed by atoms with van der Waals surface area (Å²) in [6.07, 6.45) is 4.14. The van der Waals surface area contributed by atoms with Crippen molar-refractivity contribution in [3.63, 3.8) is 0 Å². The maximum Gasteiger partial charge on any atom is 0.270 e. The van der Waals surface area contributed by atoms with Gasteiger partial charge in [0, 0.05) is 40.2 Å². The van der Waals surface area contributed by atoms with Crippen LogP contribution in [0.15, 0.2) is 48.0 Å². The first-order valence-electron chi connectivity index (χ1n) is 10.2. The first kappa shape index (κ1) is 18.4. The van der Waals surface area contributed by atoms with Crippen LogP contribution >= 0.6 is 11.3 Å². The van der Waals surface area contributed by atoms with E-state index in [1.165, 1.54) is 12.8 Å². The number of hydrogen-bond acceptors (Lipinski definition) is 4.